The van der Waals surface area contributed by atoms with Crippen LogP contribution in [0.4, 0.5) is 0 Å². The van der Waals surface area contributed by atoms with Crippen molar-refractivity contribution in [2.24, 2.45) is 0 Å². The molecule has 0 atom stereocenters. The van der Waals surface area contributed by atoms with E-state index in [1.54, 1.807) is 0 Å². The van der Waals surface area contributed by atoms with Crippen LogP contribution in [0.3, 0.4) is 0 Å². The van der Waals surface area contributed by atoms with E-state index in [0.717, 1.165) is 0 Å². The van der Waals surface area contributed by atoms with Crippen LogP contribution in [-0.2, 0) is 14.3 Å². The number of aliphatic carboxylic acids is 1. The van der Waals surface area contributed by atoms with Gasteiger partial charge < -0.3 is 9.84 Å². The van der Waals surface area contributed by atoms with Crippen molar-refractivity contribution in [1.82, 2.24) is 0 Å². The molecule has 1 N–H and O–H groups in total. The molecular formula is C6H9O4. The summed E-state index contributed by atoms with van der Waals surface area (Å²) in [6.45, 7) is 1.52. The summed E-state index contributed by atoms with van der Waals surface area (Å²) in [5, 5.41) is 8.15. The third-order valence-electron chi connectivity index (χ3n) is 0.946. The third-order valence-corrected chi connectivity index (χ3v) is 0.946. The van der Waals surface area contributed by atoms with Crippen molar-refractivity contribution in [3.05, 3.63) is 0 Å². The second kappa shape index (κ2) is 6.07. The normalized spacial score (nSPS) is 8.80. The molecule has 0 bridgehead atoms. The molecule has 0 aromatic carbocycles. The molecular weight excluding hydrogens is 136 g/mol. The first-order valence-electron chi connectivity index (χ1n) is 2.98. The van der Waals surface area contributed by atoms with E-state index in [1.807, 2.05) is 0 Å². The first-order chi connectivity index (χ1) is 4.77. The summed E-state index contributed by atoms with van der Waals surface area (Å²) in [5.74, 6) is -0.824. The summed E-state index contributed by atoms with van der Waals surface area (Å²) in [5.41, 5.74) is 0. The second-order valence-corrected chi connectivity index (χ2v) is 1.78. The van der Waals surface area contributed by atoms with Gasteiger partial charge in [-0.25, -0.2) is 4.79 Å². The zero-order valence-electron chi connectivity index (χ0n) is 5.50. The Bertz CT molecular complexity index is 110. The molecule has 4 nitrogen and oxygen atoms in total. The van der Waals surface area contributed by atoms with Gasteiger partial charge in [-0.2, -0.15) is 0 Å². The SMILES string of the molecule is O=[C]OCCCCC(=O)O. The number of ether oxygens (including phenoxy) is 1. The molecule has 57 valence electrons. The Kier molecular flexibility index (Phi) is 5.42. The number of carbonyl (C=O) groups is 1. The molecule has 0 aliphatic heterocycles. The predicted molar refractivity (Wildman–Crippen MR) is 33.1 cm³/mol. The minimum Gasteiger partial charge on any atom is -0.481 e. The van der Waals surface area contributed by atoms with Crippen molar-refractivity contribution in [1.29, 1.82) is 0 Å². The Morgan fingerprint density at radius 2 is 2.20 bits per heavy atom. The smallest absolute Gasteiger partial charge is 0.417 e. The van der Waals surface area contributed by atoms with E-state index < -0.39 is 5.97 Å². The fraction of sp³-hybridized carbons (Fsp3) is 0.667. The van der Waals surface area contributed by atoms with Gasteiger partial charge in [0.2, 0.25) is 0 Å². The van der Waals surface area contributed by atoms with E-state index >= 15 is 0 Å². The highest BCUT2D eigenvalue weighted by atomic mass is 16.5. The molecule has 0 aromatic heterocycles. The summed E-state index contributed by atoms with van der Waals surface area (Å²) in [7, 11) is 0. The molecule has 0 rings (SSSR count). The minimum atomic E-state index is -0.824. The first kappa shape index (κ1) is 8.94. The van der Waals surface area contributed by atoms with Gasteiger partial charge in [0, 0.05) is 6.42 Å². The van der Waals surface area contributed by atoms with Crippen LogP contribution < -0.4 is 0 Å². The van der Waals surface area contributed by atoms with Crippen LogP contribution >= 0.6 is 0 Å². The molecule has 0 fully saturated rings. The van der Waals surface area contributed by atoms with Gasteiger partial charge in [-0.05, 0) is 12.8 Å². The van der Waals surface area contributed by atoms with E-state index in [-0.39, 0.29) is 13.0 Å². The van der Waals surface area contributed by atoms with E-state index in [2.05, 4.69) is 4.74 Å². The number of hydrogen-bond acceptors (Lipinski definition) is 3. The molecule has 1 radical (unpaired) electrons. The highest BCUT2D eigenvalue weighted by Crippen LogP contribution is 1.94. The molecule has 0 spiro atoms. The largest absolute Gasteiger partial charge is 0.481 e. The van der Waals surface area contributed by atoms with Gasteiger partial charge in [-0.15, -0.1) is 0 Å². The van der Waals surface area contributed by atoms with Crippen molar-refractivity contribution in [2.45, 2.75) is 19.3 Å². The maximum atomic E-state index is 9.91. The van der Waals surface area contributed by atoms with Crippen LogP contribution in [0.2, 0.25) is 0 Å². The van der Waals surface area contributed by atoms with E-state index in [0.29, 0.717) is 12.8 Å². The third kappa shape index (κ3) is 6.94. The average molecular weight is 145 g/mol. The molecule has 4 heteroatoms. The lowest BCUT2D eigenvalue weighted by Gasteiger charge is -1.94. The van der Waals surface area contributed by atoms with Crippen LogP contribution in [0.15, 0.2) is 0 Å². The van der Waals surface area contributed by atoms with Gasteiger partial charge in [0.1, 0.15) is 0 Å². The predicted octanol–water partition coefficient (Wildman–Crippen LogP) is 0.325. The lowest BCUT2D eigenvalue weighted by Crippen LogP contribution is -1.96. The number of carboxylic acid groups (broad SMARTS) is 1. The highest BCUT2D eigenvalue weighted by Gasteiger charge is 1.95. The van der Waals surface area contributed by atoms with Crippen molar-refractivity contribution in [3.63, 3.8) is 0 Å². The minimum absolute atomic E-state index is 0.127. The summed E-state index contributed by atoms with van der Waals surface area (Å²) < 4.78 is 4.22. The van der Waals surface area contributed by atoms with Crippen LogP contribution in [-0.4, -0.2) is 24.2 Å². The Hall–Kier alpha value is -1.06. The highest BCUT2D eigenvalue weighted by molar-refractivity contribution is 5.66. The monoisotopic (exact) mass is 145 g/mol. The topological polar surface area (TPSA) is 63.6 Å². The summed E-state index contributed by atoms with van der Waals surface area (Å²) >= 11 is 0. The van der Waals surface area contributed by atoms with Crippen LogP contribution in [0, 0.1) is 0 Å². The maximum absolute atomic E-state index is 9.91. The average Bonchev–Trinajstić information content (AvgIpc) is 1.87. The first-order valence-corrected chi connectivity index (χ1v) is 2.98. The summed E-state index contributed by atoms with van der Waals surface area (Å²) in [6.07, 6.45) is 1.25. The van der Waals surface area contributed by atoms with Crippen LogP contribution in [0.25, 0.3) is 0 Å². The number of unbranched alkanes of at least 4 members (excludes halogenated alkanes) is 1. The number of carbonyl (C=O) groups excluding carboxylic acids is 1. The lowest BCUT2D eigenvalue weighted by molar-refractivity contribution is -0.137. The molecule has 0 aliphatic carbocycles. The van der Waals surface area contributed by atoms with Crippen LogP contribution in [0.5, 0.6) is 0 Å². The van der Waals surface area contributed by atoms with Gasteiger partial charge in [-0.3, -0.25) is 4.79 Å². The van der Waals surface area contributed by atoms with E-state index in [4.69, 9.17) is 5.11 Å². The molecule has 0 amide bonds. The van der Waals surface area contributed by atoms with Crippen molar-refractivity contribution < 1.29 is 19.4 Å². The maximum Gasteiger partial charge on any atom is 0.417 e. The number of rotatable bonds is 6. The van der Waals surface area contributed by atoms with Gasteiger partial charge >= 0.3 is 12.4 Å². The zero-order chi connectivity index (χ0) is 7.82. The standard InChI is InChI=1S/C6H9O4/c7-5-10-4-2-1-3-6(8)9/h1-4H2,(H,8,9). The quantitative estimate of drug-likeness (QED) is 0.547. The summed E-state index contributed by atoms with van der Waals surface area (Å²) in [6, 6.07) is 0. The molecule has 0 heterocycles. The Morgan fingerprint density at radius 3 is 2.70 bits per heavy atom. The fourth-order valence-corrected chi connectivity index (χ4v) is 0.492. The van der Waals surface area contributed by atoms with Gasteiger partial charge in [0.25, 0.3) is 0 Å². The van der Waals surface area contributed by atoms with E-state index in [9.17, 15) is 9.59 Å². The Labute approximate surface area is 58.8 Å². The fourth-order valence-electron chi connectivity index (χ4n) is 0.492. The Balaban J connectivity index is 2.90. The zero-order valence-corrected chi connectivity index (χ0v) is 5.50. The lowest BCUT2D eigenvalue weighted by atomic mass is 10.2. The second-order valence-electron chi connectivity index (χ2n) is 1.78. The van der Waals surface area contributed by atoms with Gasteiger partial charge in [-0.1, -0.05) is 0 Å². The van der Waals surface area contributed by atoms with E-state index in [1.165, 1.54) is 6.47 Å². The number of carboxylic acids is 1. The van der Waals surface area contributed by atoms with Crippen molar-refractivity contribution >= 4 is 12.4 Å². The molecule has 0 aromatic rings. The number of hydrogen-bond donors (Lipinski definition) is 1. The van der Waals surface area contributed by atoms with Crippen molar-refractivity contribution in [3.8, 4) is 0 Å². The molecule has 0 saturated carbocycles. The van der Waals surface area contributed by atoms with Gasteiger partial charge in [0.05, 0.1) is 6.61 Å². The molecule has 10 heavy (non-hydrogen) atoms. The van der Waals surface area contributed by atoms with Crippen molar-refractivity contribution in [2.75, 3.05) is 6.61 Å². The molecule has 0 unspecified atom stereocenters. The van der Waals surface area contributed by atoms with Gasteiger partial charge in [0.15, 0.2) is 0 Å². The molecule has 0 aliphatic rings. The Morgan fingerprint density at radius 1 is 1.50 bits per heavy atom. The summed E-state index contributed by atoms with van der Waals surface area (Å²) in [4.78, 5) is 19.4. The molecule has 0 saturated heterocycles. The van der Waals surface area contributed by atoms with Crippen LogP contribution in [0.1, 0.15) is 19.3 Å².